The van der Waals surface area contributed by atoms with Crippen LogP contribution in [0.15, 0.2) is 34.9 Å². The van der Waals surface area contributed by atoms with Crippen molar-refractivity contribution >= 4 is 5.97 Å². The van der Waals surface area contributed by atoms with Crippen molar-refractivity contribution in [3.05, 3.63) is 36.2 Å². The van der Waals surface area contributed by atoms with Crippen LogP contribution >= 0.6 is 0 Å². The van der Waals surface area contributed by atoms with E-state index in [1.165, 1.54) is 12.8 Å². The zero-order valence-corrected chi connectivity index (χ0v) is 13.5. The molecule has 24 heavy (non-hydrogen) atoms. The van der Waals surface area contributed by atoms with Gasteiger partial charge in [-0.05, 0) is 25.2 Å². The van der Waals surface area contributed by atoms with Gasteiger partial charge in [0.2, 0.25) is 11.7 Å². The van der Waals surface area contributed by atoms with Gasteiger partial charge in [0.05, 0.1) is 6.54 Å². The number of benzene rings is 1. The van der Waals surface area contributed by atoms with E-state index in [4.69, 9.17) is 4.52 Å². The Kier molecular flexibility index (Phi) is 4.06. The number of nitrogens with zero attached hydrogens (tertiary/aromatic N) is 3. The smallest absolute Gasteiger partial charge is 0.320 e. The van der Waals surface area contributed by atoms with E-state index in [1.807, 2.05) is 30.3 Å². The summed E-state index contributed by atoms with van der Waals surface area (Å²) in [5.74, 6) is 0.784. The number of carboxylic acids is 1. The molecule has 2 aliphatic rings. The zero-order chi connectivity index (χ0) is 16.5. The van der Waals surface area contributed by atoms with E-state index in [-0.39, 0.29) is 0 Å². The second kappa shape index (κ2) is 6.36. The number of carbonyl (C=O) groups is 1. The Labute approximate surface area is 140 Å². The van der Waals surface area contributed by atoms with Crippen molar-refractivity contribution in [1.82, 2.24) is 15.0 Å². The summed E-state index contributed by atoms with van der Waals surface area (Å²) in [6, 6.07) is 9.55. The molecule has 6 nitrogen and oxygen atoms in total. The molecule has 0 spiro atoms. The van der Waals surface area contributed by atoms with Gasteiger partial charge >= 0.3 is 5.97 Å². The highest BCUT2D eigenvalue weighted by Gasteiger charge is 2.45. The molecule has 1 N–H and O–H groups in total. The minimum absolute atomic E-state index is 0.326. The van der Waals surface area contributed by atoms with Gasteiger partial charge in [0.1, 0.15) is 6.04 Å². The van der Waals surface area contributed by atoms with Gasteiger partial charge in [0.25, 0.3) is 0 Å². The van der Waals surface area contributed by atoms with Crippen LogP contribution < -0.4 is 0 Å². The molecule has 6 heteroatoms. The van der Waals surface area contributed by atoms with Gasteiger partial charge < -0.3 is 9.63 Å². The predicted molar refractivity (Wildman–Crippen MR) is 87.1 cm³/mol. The molecule has 4 rings (SSSR count). The van der Waals surface area contributed by atoms with Crippen LogP contribution in [-0.4, -0.2) is 38.2 Å². The lowest BCUT2D eigenvalue weighted by Gasteiger charge is -2.31. The molecule has 1 saturated heterocycles. The first-order valence-corrected chi connectivity index (χ1v) is 8.59. The van der Waals surface area contributed by atoms with Crippen LogP contribution in [0.1, 0.15) is 38.0 Å². The highest BCUT2D eigenvalue weighted by atomic mass is 16.5. The molecule has 0 bridgehead atoms. The molecule has 3 unspecified atom stereocenters. The van der Waals surface area contributed by atoms with Gasteiger partial charge in [-0.2, -0.15) is 4.98 Å². The van der Waals surface area contributed by atoms with E-state index in [2.05, 4.69) is 15.0 Å². The van der Waals surface area contributed by atoms with Crippen LogP contribution in [0.5, 0.6) is 0 Å². The molecular formula is C18H21N3O3. The van der Waals surface area contributed by atoms with Crippen LogP contribution in [0, 0.1) is 5.92 Å². The monoisotopic (exact) mass is 327 g/mol. The fraction of sp³-hybridized carbons (Fsp3) is 0.500. The average molecular weight is 327 g/mol. The van der Waals surface area contributed by atoms with Crippen LogP contribution in [0.3, 0.4) is 0 Å². The van der Waals surface area contributed by atoms with Crippen molar-refractivity contribution in [2.24, 2.45) is 5.92 Å². The number of rotatable bonds is 4. The third-order valence-electron chi connectivity index (χ3n) is 5.32. The van der Waals surface area contributed by atoms with Gasteiger partial charge in [-0.25, -0.2) is 0 Å². The third-order valence-corrected chi connectivity index (χ3v) is 5.32. The lowest BCUT2D eigenvalue weighted by molar-refractivity contribution is -0.143. The minimum atomic E-state index is -0.743. The van der Waals surface area contributed by atoms with Gasteiger partial charge in [-0.1, -0.05) is 48.3 Å². The number of hydrogen-bond donors (Lipinski definition) is 1. The maximum absolute atomic E-state index is 11.7. The molecule has 1 aromatic heterocycles. The number of carboxylic acid groups (broad SMARTS) is 1. The Balaban J connectivity index is 1.55. The SMILES string of the molecule is O=C(O)C1CC2CCCCC2N1Cc1nc(-c2ccccc2)no1. The first kappa shape index (κ1) is 15.3. The predicted octanol–water partition coefficient (Wildman–Crippen LogP) is 2.95. The summed E-state index contributed by atoms with van der Waals surface area (Å²) in [4.78, 5) is 18.2. The van der Waals surface area contributed by atoms with Gasteiger partial charge in [-0.15, -0.1) is 0 Å². The van der Waals surface area contributed by atoms with Gasteiger partial charge in [0, 0.05) is 11.6 Å². The van der Waals surface area contributed by atoms with E-state index in [1.54, 1.807) is 0 Å². The van der Waals surface area contributed by atoms with Crippen molar-refractivity contribution in [2.75, 3.05) is 0 Å². The molecule has 3 atom stereocenters. The molecule has 0 radical (unpaired) electrons. The maximum Gasteiger partial charge on any atom is 0.320 e. The summed E-state index contributed by atoms with van der Waals surface area (Å²) in [6.45, 7) is 0.415. The van der Waals surface area contributed by atoms with Crippen molar-refractivity contribution < 1.29 is 14.4 Å². The van der Waals surface area contributed by atoms with Crippen LogP contribution in [0.4, 0.5) is 0 Å². The lowest BCUT2D eigenvalue weighted by atomic mass is 9.85. The summed E-state index contributed by atoms with van der Waals surface area (Å²) in [7, 11) is 0. The maximum atomic E-state index is 11.7. The second-order valence-corrected chi connectivity index (χ2v) is 6.75. The topological polar surface area (TPSA) is 79.5 Å². The van der Waals surface area contributed by atoms with Crippen molar-refractivity contribution in [2.45, 2.75) is 50.7 Å². The van der Waals surface area contributed by atoms with E-state index < -0.39 is 12.0 Å². The second-order valence-electron chi connectivity index (χ2n) is 6.75. The van der Waals surface area contributed by atoms with Gasteiger partial charge in [-0.3, -0.25) is 9.69 Å². The van der Waals surface area contributed by atoms with Crippen molar-refractivity contribution in [1.29, 1.82) is 0 Å². The molecule has 1 aliphatic heterocycles. The molecule has 1 saturated carbocycles. The first-order valence-electron chi connectivity index (χ1n) is 8.59. The Morgan fingerprint density at radius 2 is 2.04 bits per heavy atom. The summed E-state index contributed by atoms with van der Waals surface area (Å²) in [5, 5.41) is 13.6. The fourth-order valence-corrected chi connectivity index (χ4v) is 4.20. The number of hydrogen-bond acceptors (Lipinski definition) is 5. The normalized spacial score (nSPS) is 27.1. The number of aromatic nitrogens is 2. The average Bonchev–Trinajstić information content (AvgIpc) is 3.21. The first-order chi connectivity index (χ1) is 11.7. The van der Waals surface area contributed by atoms with Crippen molar-refractivity contribution in [3.8, 4) is 11.4 Å². The number of fused-ring (bicyclic) bond motifs is 1. The summed E-state index contributed by atoms with van der Waals surface area (Å²) in [5.41, 5.74) is 0.902. The minimum Gasteiger partial charge on any atom is -0.480 e. The zero-order valence-electron chi connectivity index (χ0n) is 13.5. The van der Waals surface area contributed by atoms with E-state index in [0.29, 0.717) is 30.2 Å². The molecule has 2 fully saturated rings. The number of likely N-dealkylation sites (tertiary alicyclic amines) is 1. The molecule has 2 aromatic rings. The summed E-state index contributed by atoms with van der Waals surface area (Å²) < 4.78 is 5.39. The quantitative estimate of drug-likeness (QED) is 0.930. The van der Waals surface area contributed by atoms with Crippen LogP contribution in [0.25, 0.3) is 11.4 Å². The third kappa shape index (κ3) is 2.82. The lowest BCUT2D eigenvalue weighted by Crippen LogP contribution is -2.41. The molecule has 0 amide bonds. The van der Waals surface area contributed by atoms with E-state index in [9.17, 15) is 9.90 Å². The Morgan fingerprint density at radius 1 is 1.25 bits per heavy atom. The van der Waals surface area contributed by atoms with Crippen molar-refractivity contribution in [3.63, 3.8) is 0 Å². The molecule has 1 aromatic carbocycles. The summed E-state index contributed by atoms with van der Waals surface area (Å²) >= 11 is 0. The largest absolute Gasteiger partial charge is 0.480 e. The standard InChI is InChI=1S/C18H21N3O3/c22-18(23)15-10-13-8-4-5-9-14(13)21(15)11-16-19-17(20-24-16)12-6-2-1-3-7-12/h1-3,6-7,13-15H,4-5,8-11H2,(H,22,23). The molecule has 126 valence electrons. The molecule has 2 heterocycles. The highest BCUT2D eigenvalue weighted by Crippen LogP contribution is 2.40. The molecular weight excluding hydrogens is 306 g/mol. The van der Waals surface area contributed by atoms with Crippen LogP contribution in [0.2, 0.25) is 0 Å². The fourth-order valence-electron chi connectivity index (χ4n) is 4.20. The number of aliphatic carboxylic acids is 1. The Hall–Kier alpha value is -2.21. The molecule has 1 aliphatic carbocycles. The Morgan fingerprint density at radius 3 is 2.83 bits per heavy atom. The van der Waals surface area contributed by atoms with E-state index >= 15 is 0 Å². The van der Waals surface area contributed by atoms with Gasteiger partial charge in [0.15, 0.2) is 0 Å². The van der Waals surface area contributed by atoms with E-state index in [0.717, 1.165) is 24.8 Å². The summed E-state index contributed by atoms with van der Waals surface area (Å²) in [6.07, 6.45) is 5.31. The highest BCUT2D eigenvalue weighted by molar-refractivity contribution is 5.74. The Bertz CT molecular complexity index is 715. The van der Waals surface area contributed by atoms with Crippen LogP contribution in [-0.2, 0) is 11.3 Å².